The lowest BCUT2D eigenvalue weighted by Gasteiger charge is -2.18. The van der Waals surface area contributed by atoms with Gasteiger partial charge in [-0.2, -0.15) is 11.8 Å². The fourth-order valence-corrected chi connectivity index (χ4v) is 2.95. The lowest BCUT2D eigenvalue weighted by Crippen LogP contribution is -2.36. The van der Waals surface area contributed by atoms with Crippen LogP contribution in [0.25, 0.3) is 0 Å². The lowest BCUT2D eigenvalue weighted by atomic mass is 10.1. The van der Waals surface area contributed by atoms with Crippen molar-refractivity contribution in [2.75, 3.05) is 32.1 Å². The second-order valence-corrected chi connectivity index (χ2v) is 6.39. The van der Waals surface area contributed by atoms with E-state index in [4.69, 9.17) is 10.6 Å². The number of hydroxylamine groups is 2. The molecule has 1 heterocycles. The molecule has 1 aliphatic rings. The smallest absolute Gasteiger partial charge is 0.337 e. The number of hydrogen-bond acceptors (Lipinski definition) is 7. The van der Waals surface area contributed by atoms with Gasteiger partial charge >= 0.3 is 5.97 Å². The summed E-state index contributed by atoms with van der Waals surface area (Å²) in [6.07, 6.45) is -0.113. The zero-order chi connectivity index (χ0) is 16.7. The molecule has 0 saturated carbocycles. The summed E-state index contributed by atoms with van der Waals surface area (Å²) in [6.45, 7) is 0.825. The number of rotatable bonds is 9. The molecule has 22 heavy (non-hydrogen) atoms. The largest absolute Gasteiger partial charge is 0.370 e. The maximum atomic E-state index is 12.1. The lowest BCUT2D eigenvalue weighted by molar-refractivity contribution is -0.200. The Morgan fingerprint density at radius 1 is 1.32 bits per heavy atom. The van der Waals surface area contributed by atoms with Gasteiger partial charge in [-0.3, -0.25) is 14.4 Å². The van der Waals surface area contributed by atoms with Gasteiger partial charge in [0.1, 0.15) is 0 Å². The first kappa shape index (κ1) is 18.4. The van der Waals surface area contributed by atoms with Gasteiger partial charge in [-0.25, -0.2) is 4.79 Å². The van der Waals surface area contributed by atoms with E-state index in [-0.39, 0.29) is 19.3 Å². The minimum Gasteiger partial charge on any atom is -0.370 e. The van der Waals surface area contributed by atoms with Crippen LogP contribution in [0.5, 0.6) is 0 Å². The van der Waals surface area contributed by atoms with Gasteiger partial charge in [-0.05, 0) is 14.1 Å². The van der Waals surface area contributed by atoms with E-state index in [1.165, 1.54) is 11.8 Å². The number of imide groups is 1. The average molecular weight is 331 g/mol. The van der Waals surface area contributed by atoms with Crippen molar-refractivity contribution >= 4 is 35.5 Å². The number of carbonyl (C=O) groups excluding carboxylic acids is 4. The maximum absolute atomic E-state index is 12.1. The second-order valence-electron chi connectivity index (χ2n) is 5.24. The molecule has 1 saturated heterocycles. The predicted octanol–water partition coefficient (Wildman–Crippen LogP) is -0.620. The highest BCUT2D eigenvalue weighted by atomic mass is 32.2. The molecule has 0 aliphatic carbocycles. The molecule has 124 valence electrons. The monoisotopic (exact) mass is 331 g/mol. The third kappa shape index (κ3) is 6.02. The van der Waals surface area contributed by atoms with Gasteiger partial charge < -0.3 is 15.5 Å². The highest BCUT2D eigenvalue weighted by Crippen LogP contribution is 2.18. The molecular weight excluding hydrogens is 310 g/mol. The van der Waals surface area contributed by atoms with Crippen molar-refractivity contribution in [3.8, 4) is 0 Å². The fourth-order valence-electron chi connectivity index (χ4n) is 1.75. The summed E-state index contributed by atoms with van der Waals surface area (Å²) in [5.41, 5.74) is 5.13. The maximum Gasteiger partial charge on any atom is 0.337 e. The minimum absolute atomic E-state index is 0.0319. The summed E-state index contributed by atoms with van der Waals surface area (Å²) in [5, 5.41) is 0.487. The van der Waals surface area contributed by atoms with E-state index < -0.39 is 29.6 Å². The first-order valence-corrected chi connectivity index (χ1v) is 8.05. The van der Waals surface area contributed by atoms with Crippen LogP contribution in [0.4, 0.5) is 0 Å². The molecule has 1 aliphatic heterocycles. The normalized spacial score (nSPS) is 16.2. The zero-order valence-electron chi connectivity index (χ0n) is 12.7. The van der Waals surface area contributed by atoms with Crippen molar-refractivity contribution in [1.29, 1.82) is 0 Å². The third-order valence-corrected chi connectivity index (χ3v) is 4.08. The van der Waals surface area contributed by atoms with Crippen LogP contribution in [0.2, 0.25) is 0 Å². The van der Waals surface area contributed by atoms with Crippen molar-refractivity contribution in [3.05, 3.63) is 0 Å². The molecule has 0 aromatic carbocycles. The fraction of sp³-hybridized carbons (Fsp3) is 0.692. The average Bonchev–Trinajstić information content (AvgIpc) is 2.73. The summed E-state index contributed by atoms with van der Waals surface area (Å²) < 4.78 is 0. The number of nitrogens with two attached hydrogens (primary N) is 1. The zero-order valence-corrected chi connectivity index (χ0v) is 13.6. The Hall–Kier alpha value is -1.61. The number of hydrogen-bond donors (Lipinski definition) is 1. The number of primary amides is 1. The molecule has 9 heteroatoms. The van der Waals surface area contributed by atoms with Crippen LogP contribution >= 0.6 is 11.8 Å². The molecular formula is C13H21N3O5S. The molecule has 2 N–H and O–H groups in total. The van der Waals surface area contributed by atoms with E-state index in [1.54, 1.807) is 0 Å². The van der Waals surface area contributed by atoms with Crippen molar-refractivity contribution in [1.82, 2.24) is 9.96 Å². The number of nitrogens with zero attached hydrogens (tertiary/aromatic N) is 2. The SMILES string of the molecule is CN(C)CCSCC(CC(N)=O)C(=O)ON1C(=O)CCC1=O. The molecule has 0 bridgehead atoms. The number of amides is 3. The molecule has 8 nitrogen and oxygen atoms in total. The van der Waals surface area contributed by atoms with Crippen molar-refractivity contribution in [2.24, 2.45) is 11.7 Å². The summed E-state index contributed by atoms with van der Waals surface area (Å²) in [4.78, 5) is 52.8. The van der Waals surface area contributed by atoms with Crippen LogP contribution in [0.3, 0.4) is 0 Å². The predicted molar refractivity (Wildman–Crippen MR) is 80.4 cm³/mol. The summed E-state index contributed by atoms with van der Waals surface area (Å²) in [6, 6.07) is 0. The topological polar surface area (TPSA) is 110 Å². The van der Waals surface area contributed by atoms with Crippen LogP contribution in [-0.4, -0.2) is 65.8 Å². The first-order valence-electron chi connectivity index (χ1n) is 6.89. The molecule has 1 atom stereocenters. The van der Waals surface area contributed by atoms with Crippen LogP contribution in [0.1, 0.15) is 19.3 Å². The number of thioether (sulfide) groups is 1. The Balaban J connectivity index is 2.54. The van der Waals surface area contributed by atoms with E-state index in [1.807, 2.05) is 19.0 Å². The summed E-state index contributed by atoms with van der Waals surface area (Å²) in [7, 11) is 3.86. The first-order chi connectivity index (χ1) is 10.3. The Kier molecular flexibility index (Phi) is 7.33. The second kappa shape index (κ2) is 8.74. The Bertz CT molecular complexity index is 439. The minimum atomic E-state index is -0.778. The van der Waals surface area contributed by atoms with Crippen LogP contribution in [0.15, 0.2) is 0 Å². The van der Waals surface area contributed by atoms with Crippen LogP contribution in [-0.2, 0) is 24.0 Å². The van der Waals surface area contributed by atoms with E-state index in [9.17, 15) is 19.2 Å². The number of carbonyl (C=O) groups is 4. The van der Waals surface area contributed by atoms with Crippen molar-refractivity contribution in [3.63, 3.8) is 0 Å². The van der Waals surface area contributed by atoms with Crippen LogP contribution in [0, 0.1) is 5.92 Å². The van der Waals surface area contributed by atoms with Crippen LogP contribution < -0.4 is 5.73 Å². The van der Waals surface area contributed by atoms with Gasteiger partial charge in [-0.1, -0.05) is 0 Å². The highest BCUT2D eigenvalue weighted by Gasteiger charge is 2.35. The Morgan fingerprint density at radius 3 is 2.41 bits per heavy atom. The van der Waals surface area contributed by atoms with E-state index in [0.717, 1.165) is 12.3 Å². The third-order valence-electron chi connectivity index (χ3n) is 2.97. The van der Waals surface area contributed by atoms with Gasteiger partial charge in [0, 0.05) is 37.3 Å². The van der Waals surface area contributed by atoms with E-state index in [2.05, 4.69) is 0 Å². The Labute approximate surface area is 133 Å². The molecule has 1 fully saturated rings. The molecule has 0 spiro atoms. The van der Waals surface area contributed by atoms with Gasteiger partial charge in [0.25, 0.3) is 11.8 Å². The molecule has 1 unspecified atom stereocenters. The quantitative estimate of drug-likeness (QED) is 0.443. The van der Waals surface area contributed by atoms with Crippen molar-refractivity contribution < 1.29 is 24.0 Å². The standard InChI is InChI=1S/C13H21N3O5S/c1-15(2)5-6-22-8-9(7-10(14)17)13(20)21-16-11(18)3-4-12(16)19/h9H,3-8H2,1-2H3,(H2,14,17). The molecule has 0 aromatic rings. The van der Waals surface area contributed by atoms with Gasteiger partial charge in [-0.15, -0.1) is 5.06 Å². The summed E-state index contributed by atoms with van der Waals surface area (Å²) in [5.74, 6) is -2.16. The highest BCUT2D eigenvalue weighted by molar-refractivity contribution is 7.99. The van der Waals surface area contributed by atoms with Gasteiger partial charge in [0.05, 0.1) is 5.92 Å². The molecule has 3 amide bonds. The van der Waals surface area contributed by atoms with Gasteiger partial charge in [0.15, 0.2) is 0 Å². The van der Waals surface area contributed by atoms with Gasteiger partial charge in [0.2, 0.25) is 5.91 Å². The Morgan fingerprint density at radius 2 is 1.91 bits per heavy atom. The van der Waals surface area contributed by atoms with E-state index >= 15 is 0 Å². The van der Waals surface area contributed by atoms with Crippen molar-refractivity contribution in [2.45, 2.75) is 19.3 Å². The molecule has 0 radical (unpaired) electrons. The molecule has 0 aromatic heterocycles. The molecule has 1 rings (SSSR count). The summed E-state index contributed by atoms with van der Waals surface area (Å²) >= 11 is 1.48. The van der Waals surface area contributed by atoms with E-state index in [0.29, 0.717) is 10.8 Å².